The summed E-state index contributed by atoms with van der Waals surface area (Å²) in [4.78, 5) is 9.23. The molecule has 5 heteroatoms. The van der Waals surface area contributed by atoms with E-state index >= 15 is 0 Å². The number of rotatable bonds is 2. The molecule has 0 N–H and O–H groups in total. The number of imidazole rings is 1. The lowest BCUT2D eigenvalue weighted by Gasteiger charge is -2.11. The van der Waals surface area contributed by atoms with Gasteiger partial charge in [-0.2, -0.15) is 0 Å². The van der Waals surface area contributed by atoms with Crippen molar-refractivity contribution in [1.82, 2.24) is 23.5 Å². The van der Waals surface area contributed by atoms with E-state index in [1.807, 2.05) is 18.6 Å². The monoisotopic (exact) mass is 549 g/mol. The van der Waals surface area contributed by atoms with Gasteiger partial charge in [0.05, 0.1) is 27.6 Å². The Bertz CT molecular complexity index is 2710. The second-order valence-corrected chi connectivity index (χ2v) is 11.1. The molecule has 0 aliphatic heterocycles. The van der Waals surface area contributed by atoms with Gasteiger partial charge >= 0.3 is 0 Å². The third kappa shape index (κ3) is 2.95. The minimum Gasteiger partial charge on any atom is -0.309 e. The number of nitrogens with zero attached hydrogens (tertiary/aromatic N) is 5. The summed E-state index contributed by atoms with van der Waals surface area (Å²) < 4.78 is 7.06. The number of fused-ring (bicyclic) bond motifs is 13. The molecule has 5 aromatic carbocycles. The van der Waals surface area contributed by atoms with Crippen LogP contribution in [-0.4, -0.2) is 23.5 Å². The highest BCUT2D eigenvalue weighted by Gasteiger charge is 2.22. The zero-order valence-corrected chi connectivity index (χ0v) is 23.0. The van der Waals surface area contributed by atoms with Crippen LogP contribution in [0.15, 0.2) is 140 Å². The van der Waals surface area contributed by atoms with Crippen LogP contribution in [0.3, 0.4) is 0 Å². The summed E-state index contributed by atoms with van der Waals surface area (Å²) >= 11 is 0. The van der Waals surface area contributed by atoms with Crippen LogP contribution in [-0.2, 0) is 0 Å². The number of hydrogen-bond donors (Lipinski definition) is 0. The lowest BCUT2D eigenvalue weighted by Crippen LogP contribution is -1.95. The fourth-order valence-electron chi connectivity index (χ4n) is 7.22. The van der Waals surface area contributed by atoms with Crippen LogP contribution in [0.25, 0.3) is 82.3 Å². The average molecular weight is 550 g/mol. The molecule has 0 saturated heterocycles. The van der Waals surface area contributed by atoms with Gasteiger partial charge in [0.25, 0.3) is 0 Å². The Morgan fingerprint density at radius 1 is 0.465 bits per heavy atom. The van der Waals surface area contributed by atoms with Crippen molar-refractivity contribution in [3.8, 4) is 11.4 Å². The molecule has 200 valence electrons. The quantitative estimate of drug-likeness (QED) is 0.202. The van der Waals surface area contributed by atoms with Gasteiger partial charge in [0.15, 0.2) is 0 Å². The Kier molecular flexibility index (Phi) is 4.39. The van der Waals surface area contributed by atoms with Crippen molar-refractivity contribution < 1.29 is 0 Å². The zero-order valence-electron chi connectivity index (χ0n) is 23.0. The molecule has 10 aromatic rings. The summed E-state index contributed by atoms with van der Waals surface area (Å²) in [5.41, 5.74) is 9.11. The fourth-order valence-corrected chi connectivity index (χ4v) is 7.22. The van der Waals surface area contributed by atoms with Gasteiger partial charge in [-0.1, -0.05) is 60.7 Å². The SMILES string of the molecule is c1ccc(-n2c3ccccc3c3cc4c(cc32)c2c(ccc3c5ccncc5c5nccn5c32)n4-c2ccccc2)cc1. The molecule has 0 radical (unpaired) electrons. The van der Waals surface area contributed by atoms with E-state index in [0.717, 1.165) is 33.3 Å². The molecule has 0 amide bonds. The van der Waals surface area contributed by atoms with Crippen LogP contribution >= 0.6 is 0 Å². The highest BCUT2D eigenvalue weighted by Crippen LogP contribution is 2.43. The van der Waals surface area contributed by atoms with Gasteiger partial charge in [-0.3, -0.25) is 9.38 Å². The maximum Gasteiger partial charge on any atom is 0.146 e. The van der Waals surface area contributed by atoms with Gasteiger partial charge in [-0.05, 0) is 60.0 Å². The topological polar surface area (TPSA) is 40.1 Å². The van der Waals surface area contributed by atoms with Gasteiger partial charge < -0.3 is 9.13 Å². The van der Waals surface area contributed by atoms with Gasteiger partial charge in [0, 0.05) is 68.5 Å². The molecule has 0 spiro atoms. The van der Waals surface area contributed by atoms with Crippen molar-refractivity contribution in [3.63, 3.8) is 0 Å². The van der Waals surface area contributed by atoms with E-state index in [4.69, 9.17) is 4.98 Å². The van der Waals surface area contributed by atoms with Gasteiger partial charge in [-0.25, -0.2) is 4.98 Å². The minimum atomic E-state index is 0.920. The first-order chi connectivity index (χ1) is 21.4. The predicted octanol–water partition coefficient (Wildman–Crippen LogP) is 9.23. The molecule has 43 heavy (non-hydrogen) atoms. The highest BCUT2D eigenvalue weighted by atomic mass is 15.0. The molecule has 0 saturated carbocycles. The third-order valence-electron chi connectivity index (χ3n) is 8.96. The van der Waals surface area contributed by atoms with E-state index in [9.17, 15) is 0 Å². The first-order valence-electron chi connectivity index (χ1n) is 14.5. The number of hydrogen-bond acceptors (Lipinski definition) is 2. The molecule has 10 rings (SSSR count). The van der Waals surface area contributed by atoms with E-state index in [2.05, 4.69) is 140 Å². The van der Waals surface area contributed by atoms with Crippen LogP contribution in [0.2, 0.25) is 0 Å². The molecule has 0 aliphatic carbocycles. The molecule has 5 aromatic heterocycles. The lowest BCUT2D eigenvalue weighted by atomic mass is 10.0. The van der Waals surface area contributed by atoms with Crippen LogP contribution in [0.1, 0.15) is 0 Å². The van der Waals surface area contributed by atoms with Gasteiger partial charge in [0.1, 0.15) is 5.65 Å². The third-order valence-corrected chi connectivity index (χ3v) is 8.96. The maximum atomic E-state index is 4.79. The smallest absolute Gasteiger partial charge is 0.146 e. The van der Waals surface area contributed by atoms with Crippen LogP contribution in [0, 0.1) is 0 Å². The van der Waals surface area contributed by atoms with Crippen LogP contribution in [0.4, 0.5) is 0 Å². The number of pyridine rings is 2. The summed E-state index contributed by atoms with van der Waals surface area (Å²) in [5, 5.41) is 8.30. The highest BCUT2D eigenvalue weighted by molar-refractivity contribution is 6.28. The molecule has 5 heterocycles. The number of para-hydroxylation sites is 3. The normalized spacial score (nSPS) is 12.2. The molecule has 0 fully saturated rings. The van der Waals surface area contributed by atoms with Crippen molar-refractivity contribution in [2.75, 3.05) is 0 Å². The molecular formula is C38H23N5. The molecule has 0 bridgehead atoms. The Morgan fingerprint density at radius 2 is 1.16 bits per heavy atom. The first-order valence-corrected chi connectivity index (χ1v) is 14.5. The van der Waals surface area contributed by atoms with Crippen LogP contribution in [0.5, 0.6) is 0 Å². The number of aromatic nitrogens is 5. The second kappa shape index (κ2) is 8.30. The van der Waals surface area contributed by atoms with E-state index in [1.165, 1.54) is 49.0 Å². The van der Waals surface area contributed by atoms with E-state index < -0.39 is 0 Å². The van der Waals surface area contributed by atoms with Crippen LogP contribution < -0.4 is 0 Å². The summed E-state index contributed by atoms with van der Waals surface area (Å²) in [7, 11) is 0. The Labute approximate surface area is 245 Å². The zero-order chi connectivity index (χ0) is 28.1. The molecular weight excluding hydrogens is 526 g/mol. The summed E-state index contributed by atoms with van der Waals surface area (Å²) in [6.07, 6.45) is 7.77. The van der Waals surface area contributed by atoms with Crippen molar-refractivity contribution in [1.29, 1.82) is 0 Å². The second-order valence-electron chi connectivity index (χ2n) is 11.1. The van der Waals surface area contributed by atoms with Crippen molar-refractivity contribution in [3.05, 3.63) is 140 Å². The Morgan fingerprint density at radius 3 is 1.98 bits per heavy atom. The first kappa shape index (κ1) is 22.7. The van der Waals surface area contributed by atoms with E-state index in [-0.39, 0.29) is 0 Å². The standard InChI is InChI=1S/C38H23N5/c1-3-9-24(10-4-1)42-32-14-8-7-13-27(32)29-21-35-30(22-34(29)42)36-33(43(35)25-11-5-2-6-12-25)16-15-28-26-17-18-39-23-31(26)38-40-19-20-41(38)37(28)36/h1-23H. The van der Waals surface area contributed by atoms with Gasteiger partial charge in [0.2, 0.25) is 0 Å². The molecule has 0 unspecified atom stereocenters. The summed E-state index contributed by atoms with van der Waals surface area (Å²) in [6, 6.07) is 41.5. The number of benzene rings is 5. The van der Waals surface area contributed by atoms with E-state index in [0.29, 0.717) is 0 Å². The van der Waals surface area contributed by atoms with Gasteiger partial charge in [-0.15, -0.1) is 0 Å². The minimum absolute atomic E-state index is 0.920. The Hall–Kier alpha value is -5.94. The predicted molar refractivity (Wildman–Crippen MR) is 177 cm³/mol. The molecule has 5 nitrogen and oxygen atoms in total. The largest absolute Gasteiger partial charge is 0.309 e. The fraction of sp³-hybridized carbons (Fsp3) is 0. The van der Waals surface area contributed by atoms with Crippen molar-refractivity contribution in [2.45, 2.75) is 0 Å². The lowest BCUT2D eigenvalue weighted by molar-refractivity contribution is 1.17. The van der Waals surface area contributed by atoms with E-state index in [1.54, 1.807) is 0 Å². The summed E-state index contributed by atoms with van der Waals surface area (Å²) in [5.74, 6) is 0. The van der Waals surface area contributed by atoms with Crippen molar-refractivity contribution in [2.24, 2.45) is 0 Å². The molecule has 0 atom stereocenters. The Balaban J connectivity index is 1.50. The van der Waals surface area contributed by atoms with Crippen molar-refractivity contribution >= 4 is 70.9 Å². The molecule has 0 aliphatic rings. The maximum absolute atomic E-state index is 4.79. The summed E-state index contributed by atoms with van der Waals surface area (Å²) in [6.45, 7) is 0. The average Bonchev–Trinajstić information content (AvgIpc) is 3.77.